The van der Waals surface area contributed by atoms with E-state index in [0.717, 1.165) is 24.1 Å². The molecule has 0 unspecified atom stereocenters. The van der Waals surface area contributed by atoms with E-state index in [0.29, 0.717) is 18.5 Å². The van der Waals surface area contributed by atoms with Crippen LogP contribution in [0.1, 0.15) is 68.3 Å². The van der Waals surface area contributed by atoms with Crippen molar-refractivity contribution < 1.29 is 9.59 Å². The number of hydrogen-bond donors (Lipinski definition) is 1. The molecule has 5 heteroatoms. The van der Waals surface area contributed by atoms with Crippen molar-refractivity contribution in [3.63, 3.8) is 0 Å². The third-order valence-electron chi connectivity index (χ3n) is 7.40. The largest absolute Gasteiger partial charge is 0.354 e. The van der Waals surface area contributed by atoms with Crippen LogP contribution in [0.5, 0.6) is 0 Å². The number of hydrogen-bond acceptors (Lipinski definition) is 3. The Labute approximate surface area is 174 Å². The molecular weight excluding hydrogens is 362 g/mol. The number of piperidine rings is 2. The van der Waals surface area contributed by atoms with Gasteiger partial charge in [0.05, 0.1) is 0 Å². The number of benzene rings is 1. The van der Waals surface area contributed by atoms with Crippen molar-refractivity contribution in [2.75, 3.05) is 19.6 Å². The van der Waals surface area contributed by atoms with Gasteiger partial charge in [0.1, 0.15) is 6.04 Å². The predicted octanol–water partition coefficient (Wildman–Crippen LogP) is 3.44. The molecule has 3 heterocycles. The zero-order chi connectivity index (χ0) is 20.4. The van der Waals surface area contributed by atoms with Crippen LogP contribution >= 0.6 is 0 Å². The molecule has 5 nitrogen and oxygen atoms in total. The quantitative estimate of drug-likeness (QED) is 0.800. The molecule has 2 amide bonds. The molecule has 0 bridgehead atoms. The van der Waals surface area contributed by atoms with E-state index in [9.17, 15) is 9.59 Å². The topological polar surface area (TPSA) is 52.7 Å². The third kappa shape index (κ3) is 4.07. The second-order valence-electron chi connectivity index (χ2n) is 9.17. The summed E-state index contributed by atoms with van der Waals surface area (Å²) in [7, 11) is 0. The van der Waals surface area contributed by atoms with Crippen molar-refractivity contribution in [2.24, 2.45) is 11.8 Å². The van der Waals surface area contributed by atoms with Gasteiger partial charge in [-0.1, -0.05) is 44.9 Å². The highest BCUT2D eigenvalue weighted by atomic mass is 16.2. The van der Waals surface area contributed by atoms with Gasteiger partial charge in [0.2, 0.25) is 5.91 Å². The number of nitrogens with zero attached hydrogens (tertiary/aromatic N) is 2. The Kier molecular flexibility index (Phi) is 6.23. The number of carbonyl (C=O) groups is 2. The van der Waals surface area contributed by atoms with Gasteiger partial charge < -0.3 is 15.1 Å². The highest BCUT2D eigenvalue weighted by Gasteiger charge is 2.39. The minimum absolute atomic E-state index is 0.00262. The fourth-order valence-corrected chi connectivity index (χ4v) is 5.58. The van der Waals surface area contributed by atoms with Gasteiger partial charge in [-0.05, 0) is 62.2 Å². The smallest absolute Gasteiger partial charge is 0.255 e. The summed E-state index contributed by atoms with van der Waals surface area (Å²) in [6, 6.07) is 7.97. The molecule has 3 aliphatic heterocycles. The molecule has 29 heavy (non-hydrogen) atoms. The van der Waals surface area contributed by atoms with Crippen LogP contribution in [0.4, 0.5) is 0 Å². The maximum Gasteiger partial charge on any atom is 0.255 e. The third-order valence-corrected chi connectivity index (χ3v) is 7.40. The van der Waals surface area contributed by atoms with Crippen molar-refractivity contribution in [3.8, 4) is 0 Å². The highest BCUT2D eigenvalue weighted by Crippen LogP contribution is 2.31. The number of rotatable bonds is 6. The van der Waals surface area contributed by atoms with Crippen LogP contribution in [0.25, 0.3) is 0 Å². The first-order valence-electron chi connectivity index (χ1n) is 11.5. The van der Waals surface area contributed by atoms with Crippen molar-refractivity contribution in [1.29, 1.82) is 0 Å². The summed E-state index contributed by atoms with van der Waals surface area (Å²) in [4.78, 5) is 30.7. The molecule has 2 fully saturated rings. The van der Waals surface area contributed by atoms with E-state index >= 15 is 0 Å². The standard InChI is InChI=1S/C24H35N3O2/c1-3-17(2)22(27-16-19-9-4-5-11-20(19)24(27)29)23(28)25-15-18-10-8-14-26-13-7-6-12-21(18)26/h4-5,9,11,17-18,21-22H,3,6-8,10,12-16H2,1-2H3,(H,25,28)/t17-,18+,21+,22+/m0/s1. The minimum atomic E-state index is -0.397. The summed E-state index contributed by atoms with van der Waals surface area (Å²) >= 11 is 0. The van der Waals surface area contributed by atoms with Gasteiger partial charge in [-0.15, -0.1) is 0 Å². The van der Waals surface area contributed by atoms with E-state index in [4.69, 9.17) is 0 Å². The minimum Gasteiger partial charge on any atom is -0.354 e. The van der Waals surface area contributed by atoms with Crippen LogP contribution in [0.3, 0.4) is 0 Å². The van der Waals surface area contributed by atoms with E-state index in [1.54, 1.807) is 4.90 Å². The van der Waals surface area contributed by atoms with E-state index in [1.165, 1.54) is 45.2 Å². The van der Waals surface area contributed by atoms with E-state index < -0.39 is 6.04 Å². The van der Waals surface area contributed by atoms with Crippen LogP contribution < -0.4 is 5.32 Å². The lowest BCUT2D eigenvalue weighted by Crippen LogP contribution is -2.54. The first-order chi connectivity index (χ1) is 14.1. The molecule has 0 aromatic heterocycles. The van der Waals surface area contributed by atoms with Gasteiger partial charge in [0.25, 0.3) is 5.91 Å². The first kappa shape index (κ1) is 20.4. The lowest BCUT2D eigenvalue weighted by molar-refractivity contribution is -0.127. The second kappa shape index (κ2) is 8.86. The lowest BCUT2D eigenvalue weighted by Gasteiger charge is -2.44. The van der Waals surface area contributed by atoms with Crippen molar-refractivity contribution in [1.82, 2.24) is 15.1 Å². The zero-order valence-electron chi connectivity index (χ0n) is 17.9. The molecule has 1 aromatic rings. The van der Waals surface area contributed by atoms with E-state index in [1.807, 2.05) is 24.3 Å². The Morgan fingerprint density at radius 2 is 1.97 bits per heavy atom. The Balaban J connectivity index is 1.44. The number of fused-ring (bicyclic) bond motifs is 2. The van der Waals surface area contributed by atoms with E-state index in [-0.39, 0.29) is 17.7 Å². The Hall–Kier alpha value is -1.88. The van der Waals surface area contributed by atoms with Crippen LogP contribution in [0.15, 0.2) is 24.3 Å². The fourth-order valence-electron chi connectivity index (χ4n) is 5.58. The molecule has 1 aromatic carbocycles. The van der Waals surface area contributed by atoms with Crippen molar-refractivity contribution >= 4 is 11.8 Å². The van der Waals surface area contributed by atoms with Gasteiger partial charge in [-0.2, -0.15) is 0 Å². The maximum absolute atomic E-state index is 13.3. The van der Waals surface area contributed by atoms with Gasteiger partial charge in [0, 0.05) is 24.7 Å². The predicted molar refractivity (Wildman–Crippen MR) is 115 cm³/mol. The van der Waals surface area contributed by atoms with Crippen LogP contribution in [0.2, 0.25) is 0 Å². The Morgan fingerprint density at radius 3 is 2.76 bits per heavy atom. The van der Waals surface area contributed by atoms with Crippen LogP contribution in [0, 0.1) is 11.8 Å². The summed E-state index contributed by atoms with van der Waals surface area (Å²) in [5, 5.41) is 3.27. The zero-order valence-corrected chi connectivity index (χ0v) is 17.9. The molecule has 2 saturated heterocycles. The molecule has 158 valence electrons. The Bertz CT molecular complexity index is 747. The summed E-state index contributed by atoms with van der Waals surface area (Å²) in [5.41, 5.74) is 1.78. The average molecular weight is 398 g/mol. The number of carbonyl (C=O) groups excluding carboxylic acids is 2. The monoisotopic (exact) mass is 397 g/mol. The summed E-state index contributed by atoms with van der Waals surface area (Å²) in [6.45, 7) is 7.89. The molecule has 4 atom stereocenters. The van der Waals surface area contributed by atoms with Crippen LogP contribution in [-0.2, 0) is 11.3 Å². The van der Waals surface area contributed by atoms with Crippen molar-refractivity contribution in [2.45, 2.75) is 71.0 Å². The molecule has 0 aliphatic carbocycles. The van der Waals surface area contributed by atoms with Crippen molar-refractivity contribution in [3.05, 3.63) is 35.4 Å². The van der Waals surface area contributed by atoms with Gasteiger partial charge in [-0.3, -0.25) is 9.59 Å². The normalized spacial score (nSPS) is 26.6. The van der Waals surface area contributed by atoms with Crippen LogP contribution in [-0.4, -0.2) is 53.3 Å². The second-order valence-corrected chi connectivity index (χ2v) is 9.17. The number of amides is 2. The lowest BCUT2D eigenvalue weighted by atomic mass is 9.83. The van der Waals surface area contributed by atoms with Gasteiger partial charge >= 0.3 is 0 Å². The molecule has 0 saturated carbocycles. The van der Waals surface area contributed by atoms with Gasteiger partial charge in [0.15, 0.2) is 0 Å². The Morgan fingerprint density at radius 1 is 1.17 bits per heavy atom. The maximum atomic E-state index is 13.3. The van der Waals surface area contributed by atoms with Gasteiger partial charge in [-0.25, -0.2) is 0 Å². The number of nitrogens with one attached hydrogen (secondary N) is 1. The molecule has 0 radical (unpaired) electrons. The highest BCUT2D eigenvalue weighted by molar-refractivity contribution is 6.01. The fraction of sp³-hybridized carbons (Fsp3) is 0.667. The summed E-state index contributed by atoms with van der Waals surface area (Å²) in [6.07, 6.45) is 7.17. The first-order valence-corrected chi connectivity index (χ1v) is 11.5. The molecule has 3 aliphatic rings. The SMILES string of the molecule is CC[C@H](C)[C@H](C(=O)NC[C@H]1CCCN2CCCC[C@H]12)N1Cc2ccccc2C1=O. The molecule has 0 spiro atoms. The molecule has 1 N–H and O–H groups in total. The summed E-state index contributed by atoms with van der Waals surface area (Å²) in [5.74, 6) is 0.688. The molecular formula is C24H35N3O2. The average Bonchev–Trinajstić information content (AvgIpc) is 3.08. The summed E-state index contributed by atoms with van der Waals surface area (Å²) < 4.78 is 0. The molecule has 4 rings (SSSR count). The van der Waals surface area contributed by atoms with E-state index in [2.05, 4.69) is 24.1 Å².